The van der Waals surface area contributed by atoms with Gasteiger partial charge in [-0.2, -0.15) is 0 Å². The lowest BCUT2D eigenvalue weighted by molar-refractivity contribution is -0.148. The molecule has 7 nitrogen and oxygen atoms in total. The van der Waals surface area contributed by atoms with Gasteiger partial charge in [0.2, 0.25) is 6.23 Å². The summed E-state index contributed by atoms with van der Waals surface area (Å²) in [6.07, 6.45) is -0.776. The first-order valence-corrected chi connectivity index (χ1v) is 7.25. The van der Waals surface area contributed by atoms with Gasteiger partial charge in [0.1, 0.15) is 5.52 Å². The second kappa shape index (κ2) is 6.49. The summed E-state index contributed by atoms with van der Waals surface area (Å²) in [5.41, 5.74) is 2.50. The monoisotopic (exact) mass is 325 g/mol. The van der Waals surface area contributed by atoms with Crippen molar-refractivity contribution in [1.29, 1.82) is 0 Å². The number of ether oxygens (including phenoxy) is 2. The van der Waals surface area contributed by atoms with Crippen LogP contribution in [0.25, 0.3) is 11.0 Å². The van der Waals surface area contributed by atoms with Crippen LogP contribution >= 0.6 is 0 Å². The quantitative estimate of drug-likeness (QED) is 0.685. The molecule has 1 aromatic heterocycles. The highest BCUT2D eigenvalue weighted by Gasteiger charge is 2.21. The molecule has 0 fully saturated rings. The Hall–Kier alpha value is -3.22. The lowest BCUT2D eigenvalue weighted by atomic mass is 10.1. The molecule has 0 aliphatic heterocycles. The van der Waals surface area contributed by atoms with Gasteiger partial charge in [0.25, 0.3) is 0 Å². The molecule has 1 unspecified atom stereocenters. The number of methoxy groups -OCH3 is 1. The van der Waals surface area contributed by atoms with E-state index in [4.69, 9.17) is 4.74 Å². The van der Waals surface area contributed by atoms with Crippen LogP contribution in [0.4, 0.5) is 0 Å². The van der Waals surface area contributed by atoms with Gasteiger partial charge in [-0.25, -0.2) is 9.48 Å². The van der Waals surface area contributed by atoms with Gasteiger partial charge in [0.15, 0.2) is 0 Å². The molecule has 0 aliphatic carbocycles. The summed E-state index contributed by atoms with van der Waals surface area (Å²) in [4.78, 5) is 23.1. The zero-order valence-electron chi connectivity index (χ0n) is 13.2. The normalized spacial score (nSPS) is 11.9. The Kier molecular flexibility index (Phi) is 4.24. The molecule has 0 N–H and O–H groups in total. The molecule has 24 heavy (non-hydrogen) atoms. The van der Waals surface area contributed by atoms with Crippen molar-refractivity contribution in [3.8, 4) is 0 Å². The molecule has 122 valence electrons. The fourth-order valence-electron chi connectivity index (χ4n) is 2.38. The maximum Gasteiger partial charge on any atom is 0.337 e. The second-order valence-corrected chi connectivity index (χ2v) is 5.10. The molecule has 2 aromatic carbocycles. The van der Waals surface area contributed by atoms with Gasteiger partial charge in [0.05, 0.1) is 18.2 Å². The van der Waals surface area contributed by atoms with Crippen molar-refractivity contribution in [2.45, 2.75) is 13.2 Å². The SMILES string of the molecule is COC(=O)c1ccc(C(OC(C)=O)n2nnc3ccccc32)cc1. The summed E-state index contributed by atoms with van der Waals surface area (Å²) >= 11 is 0. The minimum absolute atomic E-state index is 0.409. The van der Waals surface area contributed by atoms with Crippen LogP contribution in [0.2, 0.25) is 0 Å². The topological polar surface area (TPSA) is 83.3 Å². The van der Waals surface area contributed by atoms with Crippen molar-refractivity contribution >= 4 is 23.0 Å². The summed E-state index contributed by atoms with van der Waals surface area (Å²) < 4.78 is 11.6. The Balaban J connectivity index is 2.03. The van der Waals surface area contributed by atoms with Crippen molar-refractivity contribution in [3.05, 3.63) is 59.7 Å². The number of carbonyl (C=O) groups excluding carboxylic acids is 2. The maximum absolute atomic E-state index is 11.5. The van der Waals surface area contributed by atoms with E-state index >= 15 is 0 Å². The summed E-state index contributed by atoms with van der Waals surface area (Å²) in [7, 11) is 1.32. The number of hydrogen-bond acceptors (Lipinski definition) is 6. The number of para-hydroxylation sites is 1. The number of esters is 2. The van der Waals surface area contributed by atoms with Crippen molar-refractivity contribution in [3.63, 3.8) is 0 Å². The smallest absolute Gasteiger partial charge is 0.337 e. The van der Waals surface area contributed by atoms with Crippen LogP contribution in [0.1, 0.15) is 29.1 Å². The van der Waals surface area contributed by atoms with Gasteiger partial charge in [0, 0.05) is 12.5 Å². The Bertz CT molecular complexity index is 886. The lowest BCUT2D eigenvalue weighted by Crippen LogP contribution is -2.18. The highest BCUT2D eigenvalue weighted by atomic mass is 16.6. The number of hydrogen-bond donors (Lipinski definition) is 0. The first kappa shape index (κ1) is 15.7. The molecule has 0 saturated heterocycles. The van der Waals surface area contributed by atoms with Crippen LogP contribution in [0.5, 0.6) is 0 Å². The van der Waals surface area contributed by atoms with Gasteiger partial charge in [-0.15, -0.1) is 5.10 Å². The maximum atomic E-state index is 11.5. The zero-order valence-corrected chi connectivity index (χ0v) is 13.2. The van der Waals surface area contributed by atoms with E-state index < -0.39 is 18.2 Å². The predicted octanol–water partition coefficient (Wildman–Crippen LogP) is 2.33. The molecule has 1 atom stereocenters. The van der Waals surface area contributed by atoms with Gasteiger partial charge >= 0.3 is 11.9 Å². The third-order valence-electron chi connectivity index (χ3n) is 3.49. The van der Waals surface area contributed by atoms with Gasteiger partial charge in [-0.1, -0.05) is 29.5 Å². The highest BCUT2D eigenvalue weighted by Crippen LogP contribution is 2.24. The van der Waals surface area contributed by atoms with Crippen LogP contribution in [-0.2, 0) is 14.3 Å². The van der Waals surface area contributed by atoms with Crippen LogP contribution in [0, 0.1) is 0 Å². The first-order valence-electron chi connectivity index (χ1n) is 7.25. The van der Waals surface area contributed by atoms with Crippen molar-refractivity contribution in [2.75, 3.05) is 7.11 Å². The number of benzene rings is 2. The average molecular weight is 325 g/mol. The van der Waals surface area contributed by atoms with Crippen LogP contribution in [0.15, 0.2) is 48.5 Å². The molecular formula is C17H15N3O4. The Morgan fingerprint density at radius 3 is 2.46 bits per heavy atom. The van der Waals surface area contributed by atoms with E-state index in [1.165, 1.54) is 18.7 Å². The van der Waals surface area contributed by atoms with E-state index in [2.05, 4.69) is 15.0 Å². The molecular weight excluding hydrogens is 310 g/mol. The Morgan fingerprint density at radius 2 is 1.79 bits per heavy atom. The van der Waals surface area contributed by atoms with Gasteiger partial charge in [-0.3, -0.25) is 4.79 Å². The summed E-state index contributed by atoms with van der Waals surface area (Å²) in [5.74, 6) is -0.881. The molecule has 3 rings (SSSR count). The van der Waals surface area contributed by atoms with Crippen molar-refractivity contribution in [1.82, 2.24) is 15.0 Å². The molecule has 3 aromatic rings. The molecule has 1 heterocycles. The van der Waals surface area contributed by atoms with Crippen molar-refractivity contribution < 1.29 is 19.1 Å². The number of rotatable bonds is 4. The highest BCUT2D eigenvalue weighted by molar-refractivity contribution is 5.89. The Morgan fingerprint density at radius 1 is 1.08 bits per heavy atom. The number of aromatic nitrogens is 3. The van der Waals surface area contributed by atoms with E-state index in [0.717, 1.165) is 5.52 Å². The molecule has 0 amide bonds. The average Bonchev–Trinajstić information content (AvgIpc) is 3.03. The predicted molar refractivity (Wildman–Crippen MR) is 85.2 cm³/mol. The van der Waals surface area contributed by atoms with E-state index in [9.17, 15) is 9.59 Å². The zero-order chi connectivity index (χ0) is 17.1. The first-order chi connectivity index (χ1) is 11.6. The fourth-order valence-corrected chi connectivity index (χ4v) is 2.38. The van der Waals surface area contributed by atoms with Gasteiger partial charge in [-0.05, 0) is 24.3 Å². The van der Waals surface area contributed by atoms with E-state index in [-0.39, 0.29) is 0 Å². The van der Waals surface area contributed by atoms with E-state index in [1.807, 2.05) is 24.3 Å². The lowest BCUT2D eigenvalue weighted by Gasteiger charge is -2.18. The summed E-state index contributed by atoms with van der Waals surface area (Å²) in [5, 5.41) is 8.18. The van der Waals surface area contributed by atoms with Crippen LogP contribution in [0.3, 0.4) is 0 Å². The largest absolute Gasteiger partial charge is 0.465 e. The molecule has 0 bridgehead atoms. The second-order valence-electron chi connectivity index (χ2n) is 5.10. The third-order valence-corrected chi connectivity index (χ3v) is 3.49. The molecule has 0 saturated carbocycles. The van der Waals surface area contributed by atoms with Crippen LogP contribution in [-0.4, -0.2) is 34.0 Å². The number of nitrogens with zero attached hydrogens (tertiary/aromatic N) is 3. The van der Waals surface area contributed by atoms with E-state index in [1.54, 1.807) is 24.3 Å². The number of fused-ring (bicyclic) bond motifs is 1. The van der Waals surface area contributed by atoms with E-state index in [0.29, 0.717) is 16.6 Å². The van der Waals surface area contributed by atoms with Crippen LogP contribution < -0.4 is 0 Å². The minimum Gasteiger partial charge on any atom is -0.465 e. The summed E-state index contributed by atoms with van der Waals surface area (Å²) in [6, 6.07) is 14.0. The number of carbonyl (C=O) groups is 2. The Labute approximate surface area is 137 Å². The molecule has 7 heteroatoms. The standard InChI is InChI=1S/C17H15N3O4/c1-11(21)24-16(12-7-9-13(10-8-12)17(22)23-2)20-15-6-4-3-5-14(15)18-19-20/h3-10,16H,1-2H3. The van der Waals surface area contributed by atoms with Gasteiger partial charge < -0.3 is 9.47 Å². The minimum atomic E-state index is -0.776. The van der Waals surface area contributed by atoms with Crippen molar-refractivity contribution in [2.24, 2.45) is 0 Å². The fraction of sp³-hybridized carbons (Fsp3) is 0.176. The summed E-state index contributed by atoms with van der Waals surface area (Å²) in [6.45, 7) is 1.33. The molecule has 0 aliphatic rings. The third kappa shape index (κ3) is 2.96. The molecule has 0 spiro atoms. The molecule has 0 radical (unpaired) electrons.